The topological polar surface area (TPSA) is 89.5 Å². The van der Waals surface area contributed by atoms with E-state index < -0.39 is 12.2 Å². The summed E-state index contributed by atoms with van der Waals surface area (Å²) in [7, 11) is 0. The van der Waals surface area contributed by atoms with Gasteiger partial charge in [0.1, 0.15) is 24.7 Å². The monoisotopic (exact) mass is 630 g/mol. The largest absolute Gasteiger partial charge is 0.490 e. The molecule has 0 bridgehead atoms. The summed E-state index contributed by atoms with van der Waals surface area (Å²) in [5, 5.41) is 0. The first-order chi connectivity index (χ1) is 22.4. The number of rotatable bonds is 20. The lowest BCUT2D eigenvalue weighted by Gasteiger charge is -2.15. The number of hydrogen-bond acceptors (Lipinski definition) is 8. The van der Waals surface area contributed by atoms with Gasteiger partial charge in [0.15, 0.2) is 12.2 Å². The molecular weight excluding hydrogens is 584 g/mol. The van der Waals surface area contributed by atoms with Crippen LogP contribution >= 0.6 is 0 Å². The maximum atomic E-state index is 12.1. The average molecular weight is 631 g/mol. The molecule has 0 fully saturated rings. The van der Waals surface area contributed by atoms with Crippen molar-refractivity contribution in [3.63, 3.8) is 0 Å². The smallest absolute Gasteiger partial charge is 0.335 e. The lowest BCUT2D eigenvalue weighted by molar-refractivity contribution is -0.157. The Morgan fingerprint density at radius 3 is 1.24 bits per heavy atom. The predicted octanol–water partition coefficient (Wildman–Crippen LogP) is 6.89. The van der Waals surface area contributed by atoms with Crippen molar-refractivity contribution in [2.45, 2.75) is 52.7 Å². The highest BCUT2D eigenvalue weighted by molar-refractivity contribution is 5.75. The van der Waals surface area contributed by atoms with E-state index in [4.69, 9.17) is 28.4 Å². The van der Waals surface area contributed by atoms with Crippen molar-refractivity contribution in [1.82, 2.24) is 0 Å². The molecule has 0 aliphatic heterocycles. The van der Waals surface area contributed by atoms with Crippen molar-refractivity contribution in [2.24, 2.45) is 0 Å². The van der Waals surface area contributed by atoms with Gasteiger partial charge in [-0.25, -0.2) is 9.59 Å². The summed E-state index contributed by atoms with van der Waals surface area (Å²) < 4.78 is 33.0. The summed E-state index contributed by atoms with van der Waals surface area (Å²) in [6.07, 6.45) is 7.67. The second-order valence-electron chi connectivity index (χ2n) is 10.2. The first-order valence-corrected chi connectivity index (χ1v) is 15.9. The van der Waals surface area contributed by atoms with Crippen LogP contribution in [0.4, 0.5) is 0 Å². The molecule has 3 aromatic rings. The normalized spacial score (nSPS) is 12.6. The second-order valence-corrected chi connectivity index (χ2v) is 10.2. The molecule has 2 atom stereocenters. The van der Waals surface area contributed by atoms with Gasteiger partial charge in [0.25, 0.3) is 0 Å². The molecule has 0 N–H and O–H groups in total. The Kier molecular flexibility index (Phi) is 16.2. The van der Waals surface area contributed by atoms with Crippen molar-refractivity contribution in [1.29, 1.82) is 0 Å². The number of hydrogen-bond donors (Lipinski definition) is 0. The van der Waals surface area contributed by atoms with Crippen LogP contribution in [-0.2, 0) is 41.4 Å². The predicted molar refractivity (Wildman–Crippen MR) is 180 cm³/mol. The number of ether oxygens (including phenoxy) is 6. The van der Waals surface area contributed by atoms with Crippen LogP contribution in [0.15, 0.2) is 84.9 Å². The van der Waals surface area contributed by atoms with Crippen molar-refractivity contribution in [2.75, 3.05) is 39.6 Å². The molecule has 2 unspecified atom stereocenters. The third kappa shape index (κ3) is 12.9. The maximum absolute atomic E-state index is 12.1. The molecule has 0 radical (unpaired) electrons. The Balaban J connectivity index is 1.39. The number of carbonyl (C=O) groups excluding carboxylic acids is 2. The van der Waals surface area contributed by atoms with Crippen molar-refractivity contribution in [3.8, 4) is 11.5 Å². The van der Waals surface area contributed by atoms with Crippen LogP contribution in [0.2, 0.25) is 0 Å². The zero-order valence-electron chi connectivity index (χ0n) is 27.3. The molecule has 0 aromatic heterocycles. The standard InChI is InChI=1S/C38H46O8/c1-5-41-35(37(39)43-7-3)27-31-17-21-33(22-18-31)45-25-9-11-29-13-15-30(16-14-29)12-10-26-46-34-23-19-32(20-24-34)28-36(42-6-2)38(40)44-8-4/h9-24,35-36H,5-8,25-28H2,1-4H3/b11-9+,12-10+. The third-order valence-electron chi connectivity index (χ3n) is 6.77. The van der Waals surface area contributed by atoms with Crippen LogP contribution in [0, 0.1) is 0 Å². The SMILES string of the molecule is CCOC(=O)C(Cc1ccc(OC/C=C/c2ccc(/C=C/COc3ccc(CC(OCC)C(=O)OCC)cc3)cc2)cc1)OCC. The van der Waals surface area contributed by atoms with Crippen LogP contribution in [0.3, 0.4) is 0 Å². The fraction of sp³-hybridized carbons (Fsp3) is 0.368. The molecule has 3 rings (SSSR count). The van der Waals surface area contributed by atoms with Crippen molar-refractivity contribution in [3.05, 3.63) is 107 Å². The zero-order chi connectivity index (χ0) is 33.0. The second kappa shape index (κ2) is 20.6. The van der Waals surface area contributed by atoms with Gasteiger partial charge in [0.05, 0.1) is 13.2 Å². The average Bonchev–Trinajstić information content (AvgIpc) is 3.07. The van der Waals surface area contributed by atoms with Gasteiger partial charge in [0.2, 0.25) is 0 Å². The summed E-state index contributed by atoms with van der Waals surface area (Å²) in [5.74, 6) is 0.822. The molecule has 0 saturated heterocycles. The van der Waals surface area contributed by atoms with E-state index in [9.17, 15) is 9.59 Å². The molecule has 8 nitrogen and oxygen atoms in total. The van der Waals surface area contributed by atoms with Crippen LogP contribution in [-0.4, -0.2) is 63.8 Å². The highest BCUT2D eigenvalue weighted by Crippen LogP contribution is 2.17. The molecule has 0 heterocycles. The van der Waals surface area contributed by atoms with Crippen LogP contribution in [0.1, 0.15) is 49.9 Å². The van der Waals surface area contributed by atoms with Gasteiger partial charge in [-0.2, -0.15) is 0 Å². The molecular formula is C38H46O8. The summed E-state index contributed by atoms with van der Waals surface area (Å²) in [6, 6.07) is 23.5. The lowest BCUT2D eigenvalue weighted by Crippen LogP contribution is -2.28. The summed E-state index contributed by atoms with van der Waals surface area (Å²) >= 11 is 0. The minimum absolute atomic E-state index is 0.330. The molecule has 8 heteroatoms. The van der Waals surface area contributed by atoms with Gasteiger partial charge >= 0.3 is 11.9 Å². The van der Waals surface area contributed by atoms with Crippen LogP contribution in [0.25, 0.3) is 12.2 Å². The fourth-order valence-corrected chi connectivity index (χ4v) is 4.54. The highest BCUT2D eigenvalue weighted by Gasteiger charge is 2.21. The van der Waals surface area contributed by atoms with Gasteiger partial charge in [-0.3, -0.25) is 0 Å². The minimum atomic E-state index is -0.606. The van der Waals surface area contributed by atoms with Gasteiger partial charge in [-0.15, -0.1) is 0 Å². The molecule has 0 aliphatic rings. The van der Waals surface area contributed by atoms with E-state index >= 15 is 0 Å². The van der Waals surface area contributed by atoms with E-state index in [1.807, 2.05) is 86.7 Å². The molecule has 0 aliphatic carbocycles. The minimum Gasteiger partial charge on any atom is -0.490 e. The highest BCUT2D eigenvalue weighted by atomic mass is 16.6. The Hall–Kier alpha value is -4.40. The van der Waals surface area contributed by atoms with E-state index in [0.717, 1.165) is 33.8 Å². The summed E-state index contributed by atoms with van der Waals surface area (Å²) in [5.41, 5.74) is 4.10. The Morgan fingerprint density at radius 1 is 0.543 bits per heavy atom. The zero-order valence-corrected chi connectivity index (χ0v) is 27.3. The van der Waals surface area contributed by atoms with Crippen molar-refractivity contribution >= 4 is 24.1 Å². The number of esters is 2. The van der Waals surface area contributed by atoms with Crippen LogP contribution < -0.4 is 9.47 Å². The first-order valence-electron chi connectivity index (χ1n) is 15.9. The Morgan fingerprint density at radius 2 is 0.913 bits per heavy atom. The van der Waals surface area contributed by atoms with E-state index in [-0.39, 0.29) is 11.9 Å². The van der Waals surface area contributed by atoms with Gasteiger partial charge in [0, 0.05) is 26.1 Å². The fourth-order valence-electron chi connectivity index (χ4n) is 4.54. The molecule has 46 heavy (non-hydrogen) atoms. The molecule has 246 valence electrons. The van der Waals surface area contributed by atoms with Crippen molar-refractivity contribution < 1.29 is 38.0 Å². The number of benzene rings is 3. The lowest BCUT2D eigenvalue weighted by atomic mass is 10.1. The van der Waals surface area contributed by atoms with Gasteiger partial charge < -0.3 is 28.4 Å². The van der Waals surface area contributed by atoms with Gasteiger partial charge in [-0.05, 0) is 86.4 Å². The third-order valence-corrected chi connectivity index (χ3v) is 6.77. The first kappa shape index (κ1) is 36.1. The van der Waals surface area contributed by atoms with Crippen LogP contribution in [0.5, 0.6) is 11.5 Å². The summed E-state index contributed by atoms with van der Waals surface area (Å²) in [6.45, 7) is 9.71. The van der Waals surface area contributed by atoms with E-state index in [1.54, 1.807) is 13.8 Å². The molecule has 0 amide bonds. The van der Waals surface area contributed by atoms with E-state index in [2.05, 4.69) is 24.3 Å². The molecule has 0 spiro atoms. The molecule has 3 aromatic carbocycles. The van der Waals surface area contributed by atoms with E-state index in [1.165, 1.54) is 0 Å². The number of carbonyl (C=O) groups is 2. The quantitative estimate of drug-likeness (QED) is 0.125. The summed E-state index contributed by atoms with van der Waals surface area (Å²) in [4.78, 5) is 24.2. The molecule has 0 saturated carbocycles. The van der Waals surface area contributed by atoms with Gasteiger partial charge in [-0.1, -0.05) is 60.7 Å². The Bertz CT molecular complexity index is 1250. The Labute approximate surface area is 272 Å². The maximum Gasteiger partial charge on any atom is 0.335 e. The van der Waals surface area contributed by atoms with E-state index in [0.29, 0.717) is 52.5 Å².